The van der Waals surface area contributed by atoms with E-state index in [1.807, 2.05) is 48.5 Å². The number of ether oxygens (including phenoxy) is 2. The van der Waals surface area contributed by atoms with Crippen LogP contribution in [0, 0.1) is 0 Å². The van der Waals surface area contributed by atoms with E-state index in [0.717, 1.165) is 28.2 Å². The molecule has 0 saturated heterocycles. The van der Waals surface area contributed by atoms with Crippen molar-refractivity contribution in [2.24, 2.45) is 0 Å². The maximum atomic E-state index is 12.2. The molecule has 31 heavy (non-hydrogen) atoms. The van der Waals surface area contributed by atoms with Gasteiger partial charge in [-0.1, -0.05) is 30.3 Å². The average Bonchev–Trinajstić information content (AvgIpc) is 2.81. The number of carbonyl (C=O) groups is 1. The van der Waals surface area contributed by atoms with Crippen LogP contribution in [0.25, 0.3) is 11.1 Å². The third-order valence-electron chi connectivity index (χ3n) is 5.32. The van der Waals surface area contributed by atoms with E-state index in [1.165, 1.54) is 5.56 Å². The van der Waals surface area contributed by atoms with E-state index in [2.05, 4.69) is 30.4 Å². The Labute approximate surface area is 184 Å². The summed E-state index contributed by atoms with van der Waals surface area (Å²) in [5.74, 6) is 1.65. The summed E-state index contributed by atoms with van der Waals surface area (Å²) in [4.78, 5) is 13.7. The molecular formula is C26H30N2O3. The number of hydrogen-bond donors (Lipinski definition) is 1. The minimum atomic E-state index is -0.0111. The number of benzene rings is 3. The van der Waals surface area contributed by atoms with Gasteiger partial charge in [0.25, 0.3) is 5.91 Å². The molecule has 3 rings (SSSR count). The summed E-state index contributed by atoms with van der Waals surface area (Å²) in [5, 5.41) is 3.57. The highest BCUT2D eigenvalue weighted by Crippen LogP contribution is 2.31. The van der Waals surface area contributed by atoms with E-state index in [0.29, 0.717) is 12.1 Å². The first-order valence-corrected chi connectivity index (χ1v) is 10.3. The predicted molar refractivity (Wildman–Crippen MR) is 125 cm³/mol. The Morgan fingerprint density at radius 1 is 0.968 bits per heavy atom. The van der Waals surface area contributed by atoms with Crippen LogP contribution in [0.1, 0.15) is 34.5 Å². The second kappa shape index (κ2) is 10.1. The smallest absolute Gasteiger partial charge is 0.253 e. The summed E-state index contributed by atoms with van der Waals surface area (Å²) < 4.78 is 10.9. The Morgan fingerprint density at radius 2 is 1.71 bits per heavy atom. The zero-order chi connectivity index (χ0) is 22.4. The number of carbonyl (C=O) groups excluding carboxylic acids is 1. The molecule has 5 nitrogen and oxygen atoms in total. The van der Waals surface area contributed by atoms with Crippen LogP contribution in [0.2, 0.25) is 0 Å². The predicted octanol–water partition coefficient (Wildman–Crippen LogP) is 4.92. The number of methoxy groups -OCH3 is 2. The molecule has 1 N–H and O–H groups in total. The highest BCUT2D eigenvalue weighted by atomic mass is 16.5. The molecule has 0 aromatic heterocycles. The first-order chi connectivity index (χ1) is 14.9. The second-order valence-electron chi connectivity index (χ2n) is 7.69. The van der Waals surface area contributed by atoms with Crippen molar-refractivity contribution in [3.05, 3.63) is 83.4 Å². The van der Waals surface area contributed by atoms with Gasteiger partial charge in [-0.2, -0.15) is 0 Å². The van der Waals surface area contributed by atoms with Crippen molar-refractivity contribution >= 4 is 5.91 Å². The lowest BCUT2D eigenvalue weighted by atomic mass is 10.00. The SMILES string of the molecule is COc1cccc([C@@H](C)NCc2ccc(OC)c(-c3ccc(C(=O)N(C)C)cc3)c2)c1. The monoisotopic (exact) mass is 418 g/mol. The maximum absolute atomic E-state index is 12.2. The summed E-state index contributed by atoms with van der Waals surface area (Å²) in [6.07, 6.45) is 0. The average molecular weight is 419 g/mol. The second-order valence-corrected chi connectivity index (χ2v) is 7.69. The minimum Gasteiger partial charge on any atom is -0.497 e. The number of rotatable bonds is 8. The molecule has 0 radical (unpaired) electrons. The molecule has 0 saturated carbocycles. The lowest BCUT2D eigenvalue weighted by Gasteiger charge is -2.17. The zero-order valence-corrected chi connectivity index (χ0v) is 18.8. The molecule has 3 aromatic carbocycles. The summed E-state index contributed by atoms with van der Waals surface area (Å²) in [6.45, 7) is 2.85. The van der Waals surface area contributed by atoms with Crippen LogP contribution in [0.4, 0.5) is 0 Å². The fraction of sp³-hybridized carbons (Fsp3) is 0.269. The number of nitrogens with zero attached hydrogens (tertiary/aromatic N) is 1. The van der Waals surface area contributed by atoms with Crippen molar-refractivity contribution in [1.29, 1.82) is 0 Å². The van der Waals surface area contributed by atoms with Gasteiger partial charge in [0.1, 0.15) is 11.5 Å². The van der Waals surface area contributed by atoms with Crippen LogP contribution in [0.5, 0.6) is 11.5 Å². The van der Waals surface area contributed by atoms with E-state index < -0.39 is 0 Å². The van der Waals surface area contributed by atoms with Crippen LogP contribution in [-0.4, -0.2) is 39.1 Å². The van der Waals surface area contributed by atoms with Crippen LogP contribution in [0.15, 0.2) is 66.7 Å². The van der Waals surface area contributed by atoms with Crippen molar-refractivity contribution in [1.82, 2.24) is 10.2 Å². The molecule has 1 atom stereocenters. The van der Waals surface area contributed by atoms with Gasteiger partial charge in [-0.25, -0.2) is 0 Å². The van der Waals surface area contributed by atoms with Gasteiger partial charge in [0, 0.05) is 37.8 Å². The van der Waals surface area contributed by atoms with Crippen molar-refractivity contribution in [3.63, 3.8) is 0 Å². The van der Waals surface area contributed by atoms with Crippen molar-refractivity contribution in [2.75, 3.05) is 28.3 Å². The molecular weight excluding hydrogens is 388 g/mol. The molecule has 0 spiro atoms. The molecule has 0 fully saturated rings. The molecule has 0 aliphatic rings. The summed E-state index contributed by atoms with van der Waals surface area (Å²) in [6, 6.07) is 22.1. The molecule has 1 amide bonds. The van der Waals surface area contributed by atoms with Crippen molar-refractivity contribution in [2.45, 2.75) is 19.5 Å². The van der Waals surface area contributed by atoms with E-state index in [1.54, 1.807) is 33.2 Å². The number of nitrogens with one attached hydrogen (secondary N) is 1. The Hall–Kier alpha value is -3.31. The lowest BCUT2D eigenvalue weighted by Crippen LogP contribution is -2.21. The summed E-state index contributed by atoms with van der Waals surface area (Å²) in [5.41, 5.74) is 5.00. The molecule has 0 unspecified atom stereocenters. The number of hydrogen-bond acceptors (Lipinski definition) is 4. The Bertz CT molecular complexity index is 1030. The van der Waals surface area contributed by atoms with Crippen molar-refractivity contribution < 1.29 is 14.3 Å². The molecule has 0 bridgehead atoms. The third-order valence-corrected chi connectivity index (χ3v) is 5.32. The van der Waals surface area contributed by atoms with E-state index in [-0.39, 0.29) is 11.9 Å². The van der Waals surface area contributed by atoms with Gasteiger partial charge in [-0.3, -0.25) is 4.79 Å². The van der Waals surface area contributed by atoms with Crippen molar-refractivity contribution in [3.8, 4) is 22.6 Å². The van der Waals surface area contributed by atoms with Crippen LogP contribution >= 0.6 is 0 Å². The van der Waals surface area contributed by atoms with E-state index in [9.17, 15) is 4.79 Å². The van der Waals surface area contributed by atoms with Crippen LogP contribution in [0.3, 0.4) is 0 Å². The lowest BCUT2D eigenvalue weighted by molar-refractivity contribution is 0.0827. The largest absolute Gasteiger partial charge is 0.497 e. The normalized spacial score (nSPS) is 11.6. The van der Waals surface area contributed by atoms with Crippen LogP contribution in [-0.2, 0) is 6.54 Å². The van der Waals surface area contributed by atoms with Gasteiger partial charge in [0.05, 0.1) is 14.2 Å². The third kappa shape index (κ3) is 5.44. The first kappa shape index (κ1) is 22.4. The molecule has 0 heterocycles. The molecule has 162 valence electrons. The van der Waals surface area contributed by atoms with E-state index in [4.69, 9.17) is 9.47 Å². The summed E-state index contributed by atoms with van der Waals surface area (Å²) in [7, 11) is 6.86. The fourth-order valence-electron chi connectivity index (χ4n) is 3.44. The van der Waals surface area contributed by atoms with Gasteiger partial charge in [0.15, 0.2) is 0 Å². The van der Waals surface area contributed by atoms with Gasteiger partial charge < -0.3 is 19.7 Å². The molecule has 3 aromatic rings. The first-order valence-electron chi connectivity index (χ1n) is 10.3. The van der Waals surface area contributed by atoms with Gasteiger partial charge in [-0.15, -0.1) is 0 Å². The quantitative estimate of drug-likeness (QED) is 0.564. The maximum Gasteiger partial charge on any atom is 0.253 e. The summed E-state index contributed by atoms with van der Waals surface area (Å²) >= 11 is 0. The van der Waals surface area contributed by atoms with E-state index >= 15 is 0 Å². The standard InChI is InChI=1S/C26H30N2O3/c1-18(22-7-6-8-23(16-22)30-4)27-17-19-9-14-25(31-5)24(15-19)20-10-12-21(13-11-20)26(29)28(2)3/h6-16,18,27H,17H2,1-5H3/t18-/m1/s1. The topological polar surface area (TPSA) is 50.8 Å². The Balaban J connectivity index is 1.78. The Morgan fingerprint density at radius 3 is 2.35 bits per heavy atom. The van der Waals surface area contributed by atoms with Crippen LogP contribution < -0.4 is 14.8 Å². The highest BCUT2D eigenvalue weighted by Gasteiger charge is 2.12. The zero-order valence-electron chi connectivity index (χ0n) is 18.8. The number of amides is 1. The highest BCUT2D eigenvalue weighted by molar-refractivity contribution is 5.94. The Kier molecular flexibility index (Phi) is 7.32. The fourth-order valence-corrected chi connectivity index (χ4v) is 3.44. The molecule has 0 aliphatic carbocycles. The minimum absolute atomic E-state index is 0.0111. The van der Waals surface area contributed by atoms with Gasteiger partial charge in [-0.05, 0) is 60.0 Å². The van der Waals surface area contributed by atoms with Gasteiger partial charge in [0.2, 0.25) is 0 Å². The molecule has 5 heteroatoms. The molecule has 0 aliphatic heterocycles. The van der Waals surface area contributed by atoms with Gasteiger partial charge >= 0.3 is 0 Å².